The molecule has 1 atom stereocenters. The van der Waals surface area contributed by atoms with E-state index in [1.54, 1.807) is 18.8 Å². The van der Waals surface area contributed by atoms with Gasteiger partial charge in [0, 0.05) is 32.7 Å². The van der Waals surface area contributed by atoms with Crippen LogP contribution in [0.1, 0.15) is 12.5 Å². The van der Waals surface area contributed by atoms with Crippen LogP contribution in [0.25, 0.3) is 11.3 Å². The first kappa shape index (κ1) is 15.1. The van der Waals surface area contributed by atoms with Crippen LogP contribution in [0.4, 0.5) is 0 Å². The lowest BCUT2D eigenvalue weighted by Gasteiger charge is -2.20. The SMILES string of the molecule is CN(C)S(=O)(=O)N1CC[C@@H](n2cc(-c3ccccc3)nn2)C1. The Morgan fingerprint density at radius 3 is 2.64 bits per heavy atom. The van der Waals surface area contributed by atoms with Crippen LogP contribution in [-0.2, 0) is 10.2 Å². The fraction of sp³-hybridized carbons (Fsp3) is 0.429. The van der Waals surface area contributed by atoms with Crippen LogP contribution in [0, 0.1) is 0 Å². The molecule has 0 N–H and O–H groups in total. The van der Waals surface area contributed by atoms with Gasteiger partial charge in [-0.1, -0.05) is 35.5 Å². The van der Waals surface area contributed by atoms with Gasteiger partial charge in [0.2, 0.25) is 0 Å². The third kappa shape index (κ3) is 2.77. The van der Waals surface area contributed by atoms with Gasteiger partial charge >= 0.3 is 0 Å². The molecule has 0 unspecified atom stereocenters. The molecule has 1 aromatic carbocycles. The molecule has 7 nitrogen and oxygen atoms in total. The van der Waals surface area contributed by atoms with E-state index in [4.69, 9.17) is 0 Å². The van der Waals surface area contributed by atoms with E-state index in [-0.39, 0.29) is 6.04 Å². The van der Waals surface area contributed by atoms with E-state index < -0.39 is 10.2 Å². The summed E-state index contributed by atoms with van der Waals surface area (Å²) in [6.07, 6.45) is 2.62. The van der Waals surface area contributed by atoms with Gasteiger partial charge in [-0.25, -0.2) is 4.68 Å². The molecule has 1 saturated heterocycles. The quantitative estimate of drug-likeness (QED) is 0.842. The maximum atomic E-state index is 12.1. The standard InChI is InChI=1S/C14H19N5O2S/c1-17(2)22(20,21)18-9-8-13(10-18)19-11-14(15-16-19)12-6-4-3-5-7-12/h3-7,11,13H,8-10H2,1-2H3/t13-/m1/s1. The molecule has 22 heavy (non-hydrogen) atoms. The summed E-state index contributed by atoms with van der Waals surface area (Å²) >= 11 is 0. The molecular weight excluding hydrogens is 302 g/mol. The fourth-order valence-electron chi connectivity index (χ4n) is 2.56. The minimum Gasteiger partial charge on any atom is -0.247 e. The van der Waals surface area contributed by atoms with Gasteiger partial charge in [-0.2, -0.15) is 17.0 Å². The zero-order valence-electron chi connectivity index (χ0n) is 12.6. The Hall–Kier alpha value is -1.77. The number of aromatic nitrogens is 3. The lowest BCUT2D eigenvalue weighted by Crippen LogP contribution is -2.38. The van der Waals surface area contributed by atoms with E-state index in [9.17, 15) is 8.42 Å². The largest absolute Gasteiger partial charge is 0.281 e. The molecule has 0 amide bonds. The fourth-order valence-corrected chi connectivity index (χ4v) is 3.72. The molecule has 0 radical (unpaired) electrons. The zero-order valence-corrected chi connectivity index (χ0v) is 13.4. The molecule has 1 aliphatic heterocycles. The van der Waals surface area contributed by atoms with Crippen LogP contribution < -0.4 is 0 Å². The van der Waals surface area contributed by atoms with Crippen molar-refractivity contribution in [2.24, 2.45) is 0 Å². The number of hydrogen-bond acceptors (Lipinski definition) is 4. The third-order valence-electron chi connectivity index (χ3n) is 3.87. The minimum atomic E-state index is -3.36. The number of benzene rings is 1. The number of nitrogens with zero attached hydrogens (tertiary/aromatic N) is 5. The van der Waals surface area contributed by atoms with Crippen molar-refractivity contribution in [1.82, 2.24) is 23.6 Å². The Bertz CT molecular complexity index is 742. The van der Waals surface area contributed by atoms with Gasteiger partial charge in [-0.15, -0.1) is 5.10 Å². The highest BCUT2D eigenvalue weighted by atomic mass is 32.2. The second-order valence-corrected chi connectivity index (χ2v) is 7.68. The average molecular weight is 321 g/mol. The molecule has 8 heteroatoms. The Balaban J connectivity index is 1.76. The second-order valence-electron chi connectivity index (χ2n) is 5.54. The highest BCUT2D eigenvalue weighted by Crippen LogP contribution is 2.25. The molecule has 0 aliphatic carbocycles. The molecule has 0 saturated carbocycles. The van der Waals surface area contributed by atoms with Gasteiger partial charge in [0.25, 0.3) is 10.2 Å². The van der Waals surface area contributed by atoms with Gasteiger partial charge in [0.15, 0.2) is 0 Å². The van der Waals surface area contributed by atoms with Crippen molar-refractivity contribution < 1.29 is 8.42 Å². The monoisotopic (exact) mass is 321 g/mol. The highest BCUT2D eigenvalue weighted by Gasteiger charge is 2.34. The average Bonchev–Trinajstić information content (AvgIpc) is 3.17. The lowest BCUT2D eigenvalue weighted by atomic mass is 10.2. The predicted molar refractivity (Wildman–Crippen MR) is 83.3 cm³/mol. The molecule has 1 aliphatic rings. The topological polar surface area (TPSA) is 71.3 Å². The molecule has 0 bridgehead atoms. The van der Waals surface area contributed by atoms with E-state index in [1.807, 2.05) is 36.5 Å². The van der Waals surface area contributed by atoms with Crippen molar-refractivity contribution in [3.05, 3.63) is 36.5 Å². The van der Waals surface area contributed by atoms with Crippen LogP contribution in [0.2, 0.25) is 0 Å². The summed E-state index contributed by atoms with van der Waals surface area (Å²) in [7, 11) is -0.263. The van der Waals surface area contributed by atoms with E-state index in [0.717, 1.165) is 17.7 Å². The van der Waals surface area contributed by atoms with Gasteiger partial charge in [-0.05, 0) is 6.42 Å². The first-order chi connectivity index (χ1) is 10.5. The third-order valence-corrected chi connectivity index (χ3v) is 5.77. The van der Waals surface area contributed by atoms with Crippen molar-refractivity contribution >= 4 is 10.2 Å². The Morgan fingerprint density at radius 1 is 1.23 bits per heavy atom. The van der Waals surface area contributed by atoms with Gasteiger partial charge in [0.1, 0.15) is 5.69 Å². The van der Waals surface area contributed by atoms with Crippen molar-refractivity contribution in [3.63, 3.8) is 0 Å². The van der Waals surface area contributed by atoms with Crippen molar-refractivity contribution in [3.8, 4) is 11.3 Å². The molecule has 1 aromatic heterocycles. The van der Waals surface area contributed by atoms with Crippen molar-refractivity contribution in [2.75, 3.05) is 27.2 Å². The summed E-state index contributed by atoms with van der Waals surface area (Å²) in [6, 6.07) is 9.84. The normalized spacial score (nSPS) is 19.9. The second kappa shape index (κ2) is 5.79. The lowest BCUT2D eigenvalue weighted by molar-refractivity contribution is 0.398. The Kier molecular flexibility index (Phi) is 3.98. The van der Waals surface area contributed by atoms with E-state index in [2.05, 4.69) is 10.3 Å². The predicted octanol–water partition coefficient (Wildman–Crippen LogP) is 0.998. The van der Waals surface area contributed by atoms with Crippen LogP contribution in [0.5, 0.6) is 0 Å². The Labute approximate surface area is 130 Å². The van der Waals surface area contributed by atoms with Crippen molar-refractivity contribution in [2.45, 2.75) is 12.5 Å². The highest BCUT2D eigenvalue weighted by molar-refractivity contribution is 7.86. The first-order valence-electron chi connectivity index (χ1n) is 7.13. The van der Waals surface area contributed by atoms with Gasteiger partial charge < -0.3 is 0 Å². The molecule has 1 fully saturated rings. The number of rotatable bonds is 4. The summed E-state index contributed by atoms with van der Waals surface area (Å²) < 4.78 is 28.8. The number of hydrogen-bond donors (Lipinski definition) is 0. The molecular formula is C14H19N5O2S. The maximum absolute atomic E-state index is 12.1. The van der Waals surface area contributed by atoms with Crippen LogP contribution in [0.3, 0.4) is 0 Å². The smallest absolute Gasteiger partial charge is 0.247 e. The summed E-state index contributed by atoms with van der Waals surface area (Å²) in [5.74, 6) is 0. The minimum absolute atomic E-state index is 0.0275. The van der Waals surface area contributed by atoms with E-state index in [1.165, 1.54) is 8.61 Å². The summed E-state index contributed by atoms with van der Waals surface area (Å²) in [4.78, 5) is 0. The maximum Gasteiger partial charge on any atom is 0.281 e. The van der Waals surface area contributed by atoms with E-state index >= 15 is 0 Å². The van der Waals surface area contributed by atoms with Gasteiger partial charge in [-0.3, -0.25) is 0 Å². The first-order valence-corrected chi connectivity index (χ1v) is 8.53. The van der Waals surface area contributed by atoms with Crippen LogP contribution in [0.15, 0.2) is 36.5 Å². The van der Waals surface area contributed by atoms with Gasteiger partial charge in [0.05, 0.1) is 12.2 Å². The Morgan fingerprint density at radius 2 is 1.95 bits per heavy atom. The molecule has 2 aromatic rings. The molecule has 2 heterocycles. The van der Waals surface area contributed by atoms with Crippen LogP contribution >= 0.6 is 0 Å². The van der Waals surface area contributed by atoms with E-state index in [0.29, 0.717) is 13.1 Å². The molecule has 0 spiro atoms. The summed E-state index contributed by atoms with van der Waals surface area (Å²) in [6.45, 7) is 0.934. The summed E-state index contributed by atoms with van der Waals surface area (Å²) in [5.41, 5.74) is 1.80. The van der Waals surface area contributed by atoms with Crippen LogP contribution in [-0.4, -0.2) is 59.2 Å². The molecule has 3 rings (SSSR count). The zero-order chi connectivity index (χ0) is 15.7. The summed E-state index contributed by atoms with van der Waals surface area (Å²) in [5, 5.41) is 8.36. The van der Waals surface area contributed by atoms with Crippen molar-refractivity contribution in [1.29, 1.82) is 0 Å². The molecule has 118 valence electrons.